The minimum absolute atomic E-state index is 0.0649. The number of nitrogens with one attached hydrogen (secondary N) is 1. The number of phosphoric acid groups is 1. The largest absolute Gasteiger partial charge is 0.472 e. The smallest absolute Gasteiger partial charge is 0.387 e. The summed E-state index contributed by atoms with van der Waals surface area (Å²) in [5, 5.41) is 13.9. The van der Waals surface area contributed by atoms with E-state index >= 15 is 0 Å². The van der Waals surface area contributed by atoms with Gasteiger partial charge in [-0.25, -0.2) is 4.57 Å². The van der Waals surface area contributed by atoms with Gasteiger partial charge in [0, 0.05) is 6.42 Å². The molecular weight excluding hydrogens is 768 g/mol. The molecule has 0 rings (SSSR count). The quantitative estimate of drug-likeness (QED) is 0.0243. The van der Waals surface area contributed by atoms with E-state index in [0.29, 0.717) is 17.4 Å². The Morgan fingerprint density at radius 2 is 0.883 bits per heavy atom. The number of nitrogens with zero attached hydrogens (tertiary/aromatic N) is 1. The summed E-state index contributed by atoms with van der Waals surface area (Å²) in [5.41, 5.74) is 0. The minimum Gasteiger partial charge on any atom is -0.387 e. The third-order valence-corrected chi connectivity index (χ3v) is 13.0. The fraction of sp³-hybridized carbons (Fsp3) is 0.941. The molecule has 1 amide bonds. The molecule has 0 fully saturated rings. The summed E-state index contributed by atoms with van der Waals surface area (Å²) in [4.78, 5) is 23.2. The zero-order chi connectivity index (χ0) is 44.3. The van der Waals surface area contributed by atoms with Gasteiger partial charge in [0.15, 0.2) is 0 Å². The van der Waals surface area contributed by atoms with Crippen LogP contribution in [0.3, 0.4) is 0 Å². The van der Waals surface area contributed by atoms with Crippen molar-refractivity contribution >= 4 is 13.7 Å². The number of rotatable bonds is 48. The van der Waals surface area contributed by atoms with Crippen LogP contribution in [0.2, 0.25) is 0 Å². The van der Waals surface area contributed by atoms with Crippen molar-refractivity contribution in [3.05, 3.63) is 12.2 Å². The van der Waals surface area contributed by atoms with E-state index in [-0.39, 0.29) is 19.1 Å². The molecule has 0 spiro atoms. The lowest BCUT2D eigenvalue weighted by atomic mass is 10.0. The van der Waals surface area contributed by atoms with Crippen LogP contribution in [0, 0.1) is 0 Å². The SMILES string of the molecule is CCCCCCCCCCCCCCCCCCCCCCC/C=C/C(O)C(COP(=O)(O)OCC[N+](C)(C)C)NC(=O)CCCCCCCCCCCCCCCCC. The Bertz CT molecular complexity index is 989. The predicted octanol–water partition coefficient (Wildman–Crippen LogP) is 15.1. The Morgan fingerprint density at radius 1 is 0.550 bits per heavy atom. The summed E-state index contributed by atoms with van der Waals surface area (Å²) in [6.07, 6.45) is 51.5. The van der Waals surface area contributed by atoms with Crippen LogP contribution in [0.25, 0.3) is 0 Å². The lowest BCUT2D eigenvalue weighted by molar-refractivity contribution is -0.870. The van der Waals surface area contributed by atoms with E-state index < -0.39 is 20.0 Å². The number of aliphatic hydroxyl groups excluding tert-OH is 1. The van der Waals surface area contributed by atoms with Gasteiger partial charge in [-0.1, -0.05) is 244 Å². The van der Waals surface area contributed by atoms with E-state index in [9.17, 15) is 19.4 Å². The van der Waals surface area contributed by atoms with Crippen molar-refractivity contribution in [2.24, 2.45) is 0 Å². The van der Waals surface area contributed by atoms with Gasteiger partial charge in [0.2, 0.25) is 5.91 Å². The molecule has 0 bridgehead atoms. The Morgan fingerprint density at radius 3 is 1.23 bits per heavy atom. The second kappa shape index (κ2) is 43.5. The first kappa shape index (κ1) is 59.2. The van der Waals surface area contributed by atoms with Crippen LogP contribution in [-0.4, -0.2) is 73.4 Å². The van der Waals surface area contributed by atoms with Gasteiger partial charge in [-0.15, -0.1) is 0 Å². The van der Waals surface area contributed by atoms with Crippen LogP contribution in [0.4, 0.5) is 0 Å². The molecule has 0 radical (unpaired) electrons. The number of carbonyl (C=O) groups is 1. The maximum Gasteiger partial charge on any atom is 0.472 e. The van der Waals surface area contributed by atoms with Crippen molar-refractivity contribution in [3.63, 3.8) is 0 Å². The number of carbonyl (C=O) groups excluding carboxylic acids is 1. The molecule has 0 aromatic rings. The van der Waals surface area contributed by atoms with Gasteiger partial charge in [-0.05, 0) is 19.3 Å². The first-order valence-electron chi connectivity index (χ1n) is 26.1. The topological polar surface area (TPSA) is 105 Å². The number of unbranched alkanes of at least 4 members (excludes halogenated alkanes) is 35. The molecule has 0 aliphatic carbocycles. The second-order valence-corrected chi connectivity index (χ2v) is 20.7. The van der Waals surface area contributed by atoms with E-state index in [4.69, 9.17) is 9.05 Å². The van der Waals surface area contributed by atoms with Crippen LogP contribution < -0.4 is 5.32 Å². The molecule has 0 aliphatic rings. The molecule has 3 atom stereocenters. The van der Waals surface area contributed by atoms with Gasteiger partial charge in [0.05, 0.1) is 39.9 Å². The molecule has 0 saturated heterocycles. The molecule has 8 nitrogen and oxygen atoms in total. The van der Waals surface area contributed by atoms with Crippen LogP contribution in [0.1, 0.15) is 258 Å². The number of likely N-dealkylation sites (N-methyl/N-ethyl adjacent to an activating group) is 1. The van der Waals surface area contributed by atoms with Crippen molar-refractivity contribution in [3.8, 4) is 0 Å². The average Bonchev–Trinajstić information content (AvgIpc) is 3.20. The molecule has 0 aliphatic heterocycles. The number of phosphoric ester groups is 1. The lowest BCUT2D eigenvalue weighted by Gasteiger charge is -2.25. The number of hydrogen-bond donors (Lipinski definition) is 3. The summed E-state index contributed by atoms with van der Waals surface area (Å²) in [5.74, 6) is -0.172. The highest BCUT2D eigenvalue weighted by atomic mass is 31.2. The van der Waals surface area contributed by atoms with Crippen molar-refractivity contribution < 1.29 is 32.9 Å². The van der Waals surface area contributed by atoms with Crippen LogP contribution in [0.15, 0.2) is 12.2 Å². The van der Waals surface area contributed by atoms with E-state index in [1.165, 1.54) is 205 Å². The molecule has 358 valence electrons. The van der Waals surface area contributed by atoms with Crippen molar-refractivity contribution in [2.45, 2.75) is 270 Å². The molecular formula is C51H104N2O6P+. The molecule has 0 aromatic carbocycles. The van der Waals surface area contributed by atoms with Crippen molar-refractivity contribution in [1.82, 2.24) is 5.32 Å². The normalized spacial score (nSPS) is 14.2. The van der Waals surface area contributed by atoms with Gasteiger partial charge < -0.3 is 19.8 Å². The molecule has 0 heterocycles. The van der Waals surface area contributed by atoms with Gasteiger partial charge in [0.25, 0.3) is 0 Å². The summed E-state index contributed by atoms with van der Waals surface area (Å²) in [6, 6.07) is -0.840. The number of aliphatic hydroxyl groups is 1. The molecule has 60 heavy (non-hydrogen) atoms. The fourth-order valence-corrected chi connectivity index (χ4v) is 8.60. The predicted molar refractivity (Wildman–Crippen MR) is 259 cm³/mol. The van der Waals surface area contributed by atoms with E-state index in [2.05, 4.69) is 19.2 Å². The first-order valence-corrected chi connectivity index (χ1v) is 27.6. The summed E-state index contributed by atoms with van der Waals surface area (Å²) in [6.45, 7) is 4.85. The third-order valence-electron chi connectivity index (χ3n) is 12.0. The maximum absolute atomic E-state index is 12.9. The number of hydrogen-bond acceptors (Lipinski definition) is 5. The monoisotopic (exact) mass is 872 g/mol. The van der Waals surface area contributed by atoms with Crippen LogP contribution in [0.5, 0.6) is 0 Å². The number of amides is 1. The first-order chi connectivity index (χ1) is 29.0. The van der Waals surface area contributed by atoms with Crippen molar-refractivity contribution in [1.29, 1.82) is 0 Å². The highest BCUT2D eigenvalue weighted by molar-refractivity contribution is 7.47. The van der Waals surface area contributed by atoms with E-state index in [1.54, 1.807) is 6.08 Å². The van der Waals surface area contributed by atoms with Gasteiger partial charge in [-0.2, -0.15) is 0 Å². The summed E-state index contributed by atoms with van der Waals surface area (Å²) < 4.78 is 23.6. The zero-order valence-electron chi connectivity index (χ0n) is 40.7. The van der Waals surface area contributed by atoms with Gasteiger partial charge in [-0.3, -0.25) is 13.8 Å². The number of allylic oxidation sites excluding steroid dienone is 1. The Hall–Kier alpha value is -0.760. The molecule has 3 unspecified atom stereocenters. The fourth-order valence-electron chi connectivity index (χ4n) is 7.87. The Labute approximate surface area is 373 Å². The second-order valence-electron chi connectivity index (χ2n) is 19.3. The van der Waals surface area contributed by atoms with Gasteiger partial charge in [0.1, 0.15) is 13.2 Å². The molecule has 9 heteroatoms. The number of quaternary nitrogens is 1. The van der Waals surface area contributed by atoms with Crippen LogP contribution >= 0.6 is 7.82 Å². The highest BCUT2D eigenvalue weighted by Crippen LogP contribution is 2.43. The summed E-state index contributed by atoms with van der Waals surface area (Å²) in [7, 11) is 1.59. The summed E-state index contributed by atoms with van der Waals surface area (Å²) >= 11 is 0. The van der Waals surface area contributed by atoms with Crippen LogP contribution in [-0.2, 0) is 18.4 Å². The van der Waals surface area contributed by atoms with Crippen molar-refractivity contribution in [2.75, 3.05) is 40.9 Å². The highest BCUT2D eigenvalue weighted by Gasteiger charge is 2.27. The molecule has 0 saturated carbocycles. The minimum atomic E-state index is -4.34. The molecule has 0 aromatic heterocycles. The Balaban J connectivity index is 4.24. The average molecular weight is 872 g/mol. The van der Waals surface area contributed by atoms with E-state index in [1.807, 2.05) is 27.2 Å². The lowest BCUT2D eigenvalue weighted by Crippen LogP contribution is -2.45. The Kier molecular flexibility index (Phi) is 42.9. The standard InChI is InChI=1S/C51H103N2O6P/c1-6-8-10-12-14-16-18-20-22-23-24-25-26-27-28-29-31-32-34-36-38-40-42-44-50(54)49(48-59-60(56,57)58-47-46-53(3,4)5)52-51(55)45-43-41-39-37-35-33-30-21-19-17-15-13-11-9-7-2/h42,44,49-50,54H,6-41,43,45-48H2,1-5H3,(H-,52,55,56,57)/p+1/b44-42+. The van der Waals surface area contributed by atoms with E-state index in [0.717, 1.165) is 32.1 Å². The maximum atomic E-state index is 12.9. The third kappa shape index (κ3) is 45.3. The van der Waals surface area contributed by atoms with Gasteiger partial charge >= 0.3 is 7.82 Å². The zero-order valence-corrected chi connectivity index (χ0v) is 41.6. The molecule has 3 N–H and O–H groups in total.